The number of nitrogens with zero attached hydrogens (tertiary/aromatic N) is 4. The van der Waals surface area contributed by atoms with E-state index in [4.69, 9.17) is 5.73 Å². The molecule has 2 aromatic carbocycles. The third kappa shape index (κ3) is 3.19. The maximum Gasteiger partial charge on any atom is 0.333 e. The quantitative estimate of drug-likeness (QED) is 0.417. The van der Waals surface area contributed by atoms with Crippen LogP contribution in [0, 0.1) is 0 Å². The van der Waals surface area contributed by atoms with Gasteiger partial charge in [0.25, 0.3) is 0 Å². The second kappa shape index (κ2) is 7.26. The van der Waals surface area contributed by atoms with Crippen molar-refractivity contribution in [2.75, 3.05) is 12.0 Å². The second-order valence-electron chi connectivity index (χ2n) is 9.19. The van der Waals surface area contributed by atoms with Crippen LogP contribution in [0.2, 0.25) is 0 Å². The summed E-state index contributed by atoms with van der Waals surface area (Å²) >= 11 is 0. The lowest BCUT2D eigenvalue weighted by atomic mass is 10.0. The van der Waals surface area contributed by atoms with Crippen LogP contribution < -0.4 is 11.4 Å². The number of fused-ring (bicyclic) bond motifs is 3. The van der Waals surface area contributed by atoms with Gasteiger partial charge in [0.05, 0.1) is 33.2 Å². The second-order valence-corrected chi connectivity index (χ2v) is 11.5. The van der Waals surface area contributed by atoms with Crippen molar-refractivity contribution in [2.24, 2.45) is 7.05 Å². The molecule has 1 aliphatic rings. The van der Waals surface area contributed by atoms with Crippen LogP contribution in [0.1, 0.15) is 18.4 Å². The minimum Gasteiger partial charge on any atom is -0.384 e. The number of sulfone groups is 1. The first kappa shape index (κ1) is 21.5. The van der Waals surface area contributed by atoms with Gasteiger partial charge in [-0.05, 0) is 60.4 Å². The average Bonchev–Trinajstić information content (AvgIpc) is 3.63. The zero-order valence-electron chi connectivity index (χ0n) is 19.3. The molecule has 5 aromatic rings. The summed E-state index contributed by atoms with van der Waals surface area (Å²) in [6.07, 6.45) is 5.96. The first-order valence-electron chi connectivity index (χ1n) is 11.2. The number of anilines is 1. The van der Waals surface area contributed by atoms with Gasteiger partial charge in [0.15, 0.2) is 9.84 Å². The van der Waals surface area contributed by atoms with E-state index in [1.807, 2.05) is 48.5 Å². The Labute approximate surface area is 201 Å². The van der Waals surface area contributed by atoms with Crippen LogP contribution in [-0.2, 0) is 21.6 Å². The Bertz CT molecular complexity index is 1800. The molecule has 6 rings (SSSR count). The summed E-state index contributed by atoms with van der Waals surface area (Å²) in [6.45, 7) is 0. The summed E-state index contributed by atoms with van der Waals surface area (Å²) in [5, 5.41) is 0.827. The maximum atomic E-state index is 13.4. The average molecular weight is 486 g/mol. The number of aromatic nitrogens is 4. The van der Waals surface area contributed by atoms with Crippen molar-refractivity contribution in [1.82, 2.24) is 19.1 Å². The molecule has 0 unspecified atom stereocenters. The number of nitrogens with two attached hydrogens (primary N) is 1. The van der Waals surface area contributed by atoms with Gasteiger partial charge in [-0.15, -0.1) is 0 Å². The SMILES string of the molecule is Cn1c(=O)n(-c2ccc(C3(S(C)(=O)=O)CC3)cc2)c2c3cc(-c4ccc(N)nc4)ccc3ncc21. The molecule has 35 heavy (non-hydrogen) atoms. The first-order chi connectivity index (χ1) is 16.7. The van der Waals surface area contributed by atoms with Crippen molar-refractivity contribution in [2.45, 2.75) is 17.6 Å². The smallest absolute Gasteiger partial charge is 0.333 e. The Morgan fingerprint density at radius 2 is 1.66 bits per heavy atom. The lowest BCUT2D eigenvalue weighted by Gasteiger charge is -2.14. The Balaban J connectivity index is 1.57. The first-order valence-corrected chi connectivity index (χ1v) is 13.1. The van der Waals surface area contributed by atoms with Gasteiger partial charge in [-0.1, -0.05) is 18.2 Å². The fourth-order valence-corrected chi connectivity index (χ4v) is 6.30. The van der Waals surface area contributed by atoms with E-state index < -0.39 is 14.6 Å². The molecule has 1 saturated carbocycles. The van der Waals surface area contributed by atoms with E-state index in [2.05, 4.69) is 9.97 Å². The van der Waals surface area contributed by atoms with Crippen LogP contribution >= 0.6 is 0 Å². The van der Waals surface area contributed by atoms with Gasteiger partial charge in [0, 0.05) is 30.4 Å². The molecule has 0 atom stereocenters. The molecular weight excluding hydrogens is 462 g/mol. The van der Waals surface area contributed by atoms with Crippen LogP contribution in [0.15, 0.2) is 71.8 Å². The lowest BCUT2D eigenvalue weighted by Crippen LogP contribution is -2.21. The predicted molar refractivity (Wildman–Crippen MR) is 137 cm³/mol. The van der Waals surface area contributed by atoms with E-state index in [0.717, 1.165) is 33.1 Å². The van der Waals surface area contributed by atoms with Gasteiger partial charge < -0.3 is 5.73 Å². The van der Waals surface area contributed by atoms with E-state index in [0.29, 0.717) is 29.9 Å². The summed E-state index contributed by atoms with van der Waals surface area (Å²) in [6, 6.07) is 16.8. The number of hydrogen-bond acceptors (Lipinski definition) is 6. The highest BCUT2D eigenvalue weighted by Crippen LogP contribution is 2.52. The number of hydrogen-bond donors (Lipinski definition) is 1. The molecule has 2 N–H and O–H groups in total. The molecule has 1 aliphatic carbocycles. The largest absolute Gasteiger partial charge is 0.384 e. The summed E-state index contributed by atoms with van der Waals surface area (Å²) in [5.41, 5.74) is 11.0. The van der Waals surface area contributed by atoms with Crippen LogP contribution in [0.3, 0.4) is 0 Å². The molecule has 3 aromatic heterocycles. The Kier molecular flexibility index (Phi) is 4.47. The maximum absolute atomic E-state index is 13.4. The van der Waals surface area contributed by atoms with Crippen LogP contribution in [0.5, 0.6) is 0 Å². The van der Waals surface area contributed by atoms with Gasteiger partial charge in [0.2, 0.25) is 0 Å². The normalized spacial score (nSPS) is 15.0. The van der Waals surface area contributed by atoms with Crippen LogP contribution in [-0.4, -0.2) is 33.8 Å². The number of imidazole rings is 1. The molecule has 0 aliphatic heterocycles. The van der Waals surface area contributed by atoms with Crippen LogP contribution in [0.25, 0.3) is 38.8 Å². The summed E-state index contributed by atoms with van der Waals surface area (Å²) in [7, 11) is -1.50. The number of aryl methyl sites for hydroxylation is 1. The van der Waals surface area contributed by atoms with E-state index in [-0.39, 0.29) is 5.69 Å². The molecule has 176 valence electrons. The Morgan fingerprint density at radius 1 is 0.943 bits per heavy atom. The summed E-state index contributed by atoms with van der Waals surface area (Å²) in [4.78, 5) is 22.1. The predicted octanol–water partition coefficient (Wildman–Crippen LogP) is 3.56. The lowest BCUT2D eigenvalue weighted by molar-refractivity contribution is 0.586. The molecule has 0 radical (unpaired) electrons. The van der Waals surface area contributed by atoms with E-state index in [1.54, 1.807) is 34.6 Å². The van der Waals surface area contributed by atoms with Crippen LogP contribution in [0.4, 0.5) is 5.82 Å². The summed E-state index contributed by atoms with van der Waals surface area (Å²) < 4.78 is 27.1. The van der Waals surface area contributed by atoms with Gasteiger partial charge in [-0.3, -0.25) is 14.1 Å². The monoisotopic (exact) mass is 485 g/mol. The number of benzene rings is 2. The van der Waals surface area contributed by atoms with E-state index >= 15 is 0 Å². The number of nitrogen functional groups attached to an aromatic ring is 1. The Hall–Kier alpha value is -3.98. The summed E-state index contributed by atoms with van der Waals surface area (Å²) in [5.74, 6) is 0.447. The number of pyridine rings is 2. The van der Waals surface area contributed by atoms with Crippen molar-refractivity contribution in [3.63, 3.8) is 0 Å². The third-order valence-electron chi connectivity index (χ3n) is 7.07. The Morgan fingerprint density at radius 3 is 2.29 bits per heavy atom. The van der Waals surface area contributed by atoms with E-state index in [9.17, 15) is 13.2 Å². The third-order valence-corrected chi connectivity index (χ3v) is 9.13. The fourth-order valence-electron chi connectivity index (χ4n) is 4.89. The fraction of sp³-hybridized carbons (Fsp3) is 0.192. The molecule has 0 bridgehead atoms. The zero-order chi connectivity index (χ0) is 24.5. The van der Waals surface area contributed by atoms with Crippen molar-refractivity contribution in [1.29, 1.82) is 0 Å². The molecule has 8 nitrogen and oxygen atoms in total. The standard InChI is InChI=1S/C26H23N5O3S/c1-30-22-15-28-21-9-3-16(17-4-10-23(27)29-14-17)13-20(21)24(22)31(25(30)32)19-7-5-18(6-8-19)26(11-12-26)35(2,33)34/h3-10,13-15H,11-12H2,1-2H3,(H2,27,29). The van der Waals surface area contributed by atoms with E-state index in [1.165, 1.54) is 6.26 Å². The topological polar surface area (TPSA) is 113 Å². The highest BCUT2D eigenvalue weighted by atomic mass is 32.2. The van der Waals surface area contributed by atoms with Gasteiger partial charge in [-0.25, -0.2) is 18.2 Å². The van der Waals surface area contributed by atoms with Crippen molar-refractivity contribution >= 4 is 37.6 Å². The minimum absolute atomic E-state index is 0.203. The molecule has 0 saturated heterocycles. The highest BCUT2D eigenvalue weighted by Gasteiger charge is 2.53. The highest BCUT2D eigenvalue weighted by molar-refractivity contribution is 7.92. The zero-order valence-corrected chi connectivity index (χ0v) is 20.1. The molecule has 1 fully saturated rings. The van der Waals surface area contributed by atoms with Gasteiger partial charge >= 0.3 is 5.69 Å². The molecular formula is C26H23N5O3S. The van der Waals surface area contributed by atoms with Crippen molar-refractivity contribution in [3.05, 3.63) is 83.0 Å². The number of rotatable bonds is 4. The molecule has 0 spiro atoms. The van der Waals surface area contributed by atoms with Gasteiger partial charge in [0.1, 0.15) is 5.82 Å². The minimum atomic E-state index is -3.22. The van der Waals surface area contributed by atoms with Crippen molar-refractivity contribution < 1.29 is 8.42 Å². The van der Waals surface area contributed by atoms with Crippen molar-refractivity contribution in [3.8, 4) is 16.8 Å². The molecule has 3 heterocycles. The van der Waals surface area contributed by atoms with Gasteiger partial charge in [-0.2, -0.15) is 0 Å². The molecule has 9 heteroatoms. The molecule has 0 amide bonds.